The molecule has 0 spiro atoms. The van der Waals surface area contributed by atoms with Crippen LogP contribution in [-0.2, 0) is 20.7 Å². The molecule has 1 aliphatic heterocycles. The number of piperazine rings is 1. The molecule has 0 radical (unpaired) electrons. The highest BCUT2D eigenvalue weighted by atomic mass is 32.2. The highest BCUT2D eigenvalue weighted by molar-refractivity contribution is 8.01. The van der Waals surface area contributed by atoms with Crippen molar-refractivity contribution in [1.82, 2.24) is 20.4 Å². The molecule has 2 aromatic rings. The number of rotatable bonds is 9. The van der Waals surface area contributed by atoms with E-state index in [0.717, 1.165) is 28.1 Å². The van der Waals surface area contributed by atoms with Gasteiger partial charge in [0, 0.05) is 39.8 Å². The molecule has 1 aromatic carbocycles. The summed E-state index contributed by atoms with van der Waals surface area (Å²) in [7, 11) is 1.60. The van der Waals surface area contributed by atoms with Crippen LogP contribution in [0.5, 0.6) is 0 Å². The van der Waals surface area contributed by atoms with Gasteiger partial charge < -0.3 is 19.9 Å². The van der Waals surface area contributed by atoms with E-state index in [2.05, 4.69) is 26.5 Å². The lowest BCUT2D eigenvalue weighted by Crippen LogP contribution is -2.49. The molecule has 2 heterocycles. The molecule has 1 aromatic heterocycles. The van der Waals surface area contributed by atoms with Crippen LogP contribution in [0.25, 0.3) is 0 Å². The zero-order valence-corrected chi connectivity index (χ0v) is 18.9. The number of aryl methyl sites for hydroxylation is 1. The van der Waals surface area contributed by atoms with Gasteiger partial charge in [-0.05, 0) is 12.5 Å². The maximum absolute atomic E-state index is 12.6. The zero-order valence-electron chi connectivity index (χ0n) is 17.3. The number of amides is 2. The van der Waals surface area contributed by atoms with Crippen molar-refractivity contribution in [3.05, 3.63) is 35.4 Å². The first-order chi connectivity index (χ1) is 14.5. The zero-order chi connectivity index (χ0) is 21.3. The quantitative estimate of drug-likeness (QED) is 0.459. The number of nitrogens with zero attached hydrogens (tertiary/aromatic N) is 4. The Morgan fingerprint density at radius 3 is 2.77 bits per heavy atom. The number of methoxy groups -OCH3 is 1. The van der Waals surface area contributed by atoms with Crippen molar-refractivity contribution in [2.75, 3.05) is 57.1 Å². The van der Waals surface area contributed by atoms with E-state index >= 15 is 0 Å². The molecule has 1 N–H and O–H groups in total. The molecule has 3 rings (SSSR count). The lowest BCUT2D eigenvalue weighted by Gasteiger charge is -2.34. The largest absolute Gasteiger partial charge is 0.383 e. The molecule has 0 aliphatic carbocycles. The topological polar surface area (TPSA) is 87.7 Å². The summed E-state index contributed by atoms with van der Waals surface area (Å²) in [5.74, 6) is 0.419. The molecule has 0 atom stereocenters. The van der Waals surface area contributed by atoms with Gasteiger partial charge in [0.1, 0.15) is 0 Å². The number of thioether (sulfide) groups is 1. The van der Waals surface area contributed by atoms with Crippen LogP contribution in [0.4, 0.5) is 5.13 Å². The molecule has 2 amide bonds. The standard InChI is InChI=1S/C20H27N5O3S2/c1-15-4-3-5-16(12-15)13-18(27)24-7-9-25(10-8-24)19-22-23-20(30-19)29-14-17(26)21-6-11-28-2/h3-5,12H,6-11,13-14H2,1-2H3,(H,21,26). The molecule has 10 heteroatoms. The minimum Gasteiger partial charge on any atom is -0.383 e. The van der Waals surface area contributed by atoms with Gasteiger partial charge in [0.25, 0.3) is 0 Å². The highest BCUT2D eigenvalue weighted by Gasteiger charge is 2.23. The van der Waals surface area contributed by atoms with Crippen LogP contribution in [0.15, 0.2) is 28.6 Å². The van der Waals surface area contributed by atoms with Gasteiger partial charge >= 0.3 is 0 Å². The molecular formula is C20H27N5O3S2. The summed E-state index contributed by atoms with van der Waals surface area (Å²) >= 11 is 2.86. The third-order valence-electron chi connectivity index (χ3n) is 4.69. The average molecular weight is 450 g/mol. The van der Waals surface area contributed by atoms with E-state index in [1.165, 1.54) is 28.7 Å². The van der Waals surface area contributed by atoms with Crippen LogP contribution in [0.3, 0.4) is 0 Å². The third-order valence-corrected chi connectivity index (χ3v) is 6.81. The number of hydrogen-bond acceptors (Lipinski definition) is 8. The number of carbonyl (C=O) groups is 2. The summed E-state index contributed by atoms with van der Waals surface area (Å²) in [5.41, 5.74) is 2.22. The van der Waals surface area contributed by atoms with Crippen molar-refractivity contribution in [2.45, 2.75) is 17.7 Å². The smallest absolute Gasteiger partial charge is 0.230 e. The molecule has 0 saturated carbocycles. The fraction of sp³-hybridized carbons (Fsp3) is 0.500. The molecule has 0 bridgehead atoms. The number of aromatic nitrogens is 2. The van der Waals surface area contributed by atoms with Crippen molar-refractivity contribution in [3.63, 3.8) is 0 Å². The second-order valence-corrected chi connectivity index (χ2v) is 9.19. The van der Waals surface area contributed by atoms with Crippen LogP contribution in [0.1, 0.15) is 11.1 Å². The number of carbonyl (C=O) groups excluding carboxylic acids is 2. The van der Waals surface area contributed by atoms with Crippen molar-refractivity contribution >= 4 is 40.0 Å². The van der Waals surface area contributed by atoms with Crippen LogP contribution < -0.4 is 10.2 Å². The van der Waals surface area contributed by atoms with E-state index in [1.807, 2.05) is 30.0 Å². The number of hydrogen-bond donors (Lipinski definition) is 1. The van der Waals surface area contributed by atoms with Gasteiger partial charge in [-0.15, -0.1) is 10.2 Å². The Morgan fingerprint density at radius 2 is 2.03 bits per heavy atom. The van der Waals surface area contributed by atoms with E-state index in [0.29, 0.717) is 38.4 Å². The molecule has 0 unspecified atom stereocenters. The first-order valence-corrected chi connectivity index (χ1v) is 11.7. The van der Waals surface area contributed by atoms with Gasteiger partial charge in [-0.1, -0.05) is 52.9 Å². The average Bonchev–Trinajstić information content (AvgIpc) is 3.22. The molecular weight excluding hydrogens is 422 g/mol. The second kappa shape index (κ2) is 11.3. The predicted molar refractivity (Wildman–Crippen MR) is 119 cm³/mol. The Bertz CT molecular complexity index is 852. The maximum atomic E-state index is 12.6. The summed E-state index contributed by atoms with van der Waals surface area (Å²) in [6.07, 6.45) is 0.438. The van der Waals surface area contributed by atoms with E-state index in [1.54, 1.807) is 7.11 Å². The summed E-state index contributed by atoms with van der Waals surface area (Å²) in [4.78, 5) is 28.4. The Hall–Kier alpha value is -2.17. The van der Waals surface area contributed by atoms with E-state index < -0.39 is 0 Å². The molecule has 1 saturated heterocycles. The summed E-state index contributed by atoms with van der Waals surface area (Å²) < 4.78 is 5.68. The van der Waals surface area contributed by atoms with Crippen molar-refractivity contribution < 1.29 is 14.3 Å². The lowest BCUT2D eigenvalue weighted by molar-refractivity contribution is -0.130. The van der Waals surface area contributed by atoms with Crippen molar-refractivity contribution in [3.8, 4) is 0 Å². The Balaban J connectivity index is 1.43. The van der Waals surface area contributed by atoms with Crippen molar-refractivity contribution in [1.29, 1.82) is 0 Å². The molecule has 1 fully saturated rings. The van der Waals surface area contributed by atoms with Gasteiger partial charge in [0.2, 0.25) is 16.9 Å². The first-order valence-electron chi connectivity index (χ1n) is 9.85. The minimum absolute atomic E-state index is 0.0467. The van der Waals surface area contributed by atoms with Crippen LogP contribution in [0.2, 0.25) is 0 Å². The van der Waals surface area contributed by atoms with Gasteiger partial charge in [-0.25, -0.2) is 0 Å². The lowest BCUT2D eigenvalue weighted by atomic mass is 10.1. The normalized spacial score (nSPS) is 14.1. The number of anilines is 1. The molecule has 162 valence electrons. The Kier molecular flexibility index (Phi) is 8.47. The fourth-order valence-corrected chi connectivity index (χ4v) is 4.84. The number of benzene rings is 1. The second-order valence-electron chi connectivity index (χ2n) is 7.02. The SMILES string of the molecule is COCCNC(=O)CSc1nnc(N2CCN(C(=O)Cc3cccc(C)c3)CC2)s1. The van der Waals surface area contributed by atoms with Gasteiger partial charge in [0.15, 0.2) is 4.34 Å². The van der Waals surface area contributed by atoms with Gasteiger partial charge in [0.05, 0.1) is 18.8 Å². The van der Waals surface area contributed by atoms with Crippen LogP contribution >= 0.6 is 23.1 Å². The number of nitrogens with one attached hydrogen (secondary N) is 1. The predicted octanol–water partition coefficient (Wildman–Crippen LogP) is 1.59. The summed E-state index contributed by atoms with van der Waals surface area (Å²) in [6.45, 7) is 5.86. The monoisotopic (exact) mass is 449 g/mol. The minimum atomic E-state index is -0.0467. The van der Waals surface area contributed by atoms with Gasteiger partial charge in [-0.3, -0.25) is 9.59 Å². The van der Waals surface area contributed by atoms with Crippen molar-refractivity contribution in [2.24, 2.45) is 0 Å². The highest BCUT2D eigenvalue weighted by Crippen LogP contribution is 2.28. The van der Waals surface area contributed by atoms with Gasteiger partial charge in [-0.2, -0.15) is 0 Å². The Morgan fingerprint density at radius 1 is 1.23 bits per heavy atom. The van der Waals surface area contributed by atoms with E-state index in [4.69, 9.17) is 4.74 Å². The molecule has 8 nitrogen and oxygen atoms in total. The summed E-state index contributed by atoms with van der Waals surface area (Å²) in [6, 6.07) is 8.09. The first kappa shape index (κ1) is 22.5. The number of ether oxygens (including phenoxy) is 1. The Labute approximate surface area is 185 Å². The van der Waals surface area contributed by atoms with E-state index in [9.17, 15) is 9.59 Å². The van der Waals surface area contributed by atoms with Crippen LogP contribution in [-0.4, -0.2) is 79.1 Å². The van der Waals surface area contributed by atoms with E-state index in [-0.39, 0.29) is 11.8 Å². The summed E-state index contributed by atoms with van der Waals surface area (Å²) in [5, 5.41) is 12.1. The molecule has 30 heavy (non-hydrogen) atoms. The van der Waals surface area contributed by atoms with Crippen LogP contribution in [0, 0.1) is 6.92 Å². The fourth-order valence-electron chi connectivity index (χ4n) is 3.12. The molecule has 1 aliphatic rings. The maximum Gasteiger partial charge on any atom is 0.230 e. The third kappa shape index (κ3) is 6.68.